The molecule has 0 aromatic heterocycles. The fourth-order valence-corrected chi connectivity index (χ4v) is 1.60. The standard InChI is InChI=1S/C8H6N6O6/c15-7(16)8(9-11-12-10-8)4-1-5(13(17)18)3-6(2-4)14(19)20/h1-3H,(H,9,12)(H,10,11)(H,15,16). The summed E-state index contributed by atoms with van der Waals surface area (Å²) in [6, 6.07) is 2.47. The Hall–Kier alpha value is -3.15. The second-order valence-electron chi connectivity index (χ2n) is 3.70. The summed E-state index contributed by atoms with van der Waals surface area (Å²) in [5, 5.41) is 37.3. The molecule has 0 aliphatic carbocycles. The SMILES string of the molecule is O=C(O)C1(c2cc([N+](=O)[O-])cc([N+](=O)[O-])c2)N=NNN1. The minimum absolute atomic E-state index is 0.292. The Bertz CT molecular complexity index is 612. The largest absolute Gasteiger partial charge is 0.478 e. The number of hydrogen-bond acceptors (Lipinski definition) is 9. The van der Waals surface area contributed by atoms with Gasteiger partial charge in [-0.15, -0.1) is 5.11 Å². The molecule has 0 fully saturated rings. The normalized spacial score (nSPS) is 20.4. The van der Waals surface area contributed by atoms with Crippen molar-refractivity contribution in [3.05, 3.63) is 44.0 Å². The number of hydrogen-bond donors (Lipinski definition) is 3. The van der Waals surface area contributed by atoms with E-state index in [-0.39, 0.29) is 5.56 Å². The third-order valence-corrected chi connectivity index (χ3v) is 2.54. The molecule has 1 aromatic rings. The first kappa shape index (κ1) is 13.3. The Kier molecular flexibility index (Phi) is 2.99. The first-order valence-corrected chi connectivity index (χ1v) is 4.98. The first-order valence-electron chi connectivity index (χ1n) is 4.98. The number of benzene rings is 1. The Morgan fingerprint density at radius 3 is 2.10 bits per heavy atom. The summed E-state index contributed by atoms with van der Waals surface area (Å²) in [6.07, 6.45) is 0. The molecule has 3 N–H and O–H groups in total. The molecule has 1 aliphatic rings. The summed E-state index contributed by atoms with van der Waals surface area (Å²) < 4.78 is 0. The van der Waals surface area contributed by atoms with Gasteiger partial charge in [0, 0.05) is 17.7 Å². The number of rotatable bonds is 4. The van der Waals surface area contributed by atoms with Crippen LogP contribution in [0.5, 0.6) is 0 Å². The highest BCUT2D eigenvalue weighted by Gasteiger charge is 2.45. The van der Waals surface area contributed by atoms with Gasteiger partial charge in [0.1, 0.15) is 0 Å². The Morgan fingerprint density at radius 2 is 1.75 bits per heavy atom. The van der Waals surface area contributed by atoms with Crippen LogP contribution in [0, 0.1) is 20.2 Å². The molecule has 104 valence electrons. The number of carbonyl (C=O) groups is 1. The van der Waals surface area contributed by atoms with E-state index in [1.54, 1.807) is 0 Å². The van der Waals surface area contributed by atoms with Crippen LogP contribution in [-0.2, 0) is 10.5 Å². The van der Waals surface area contributed by atoms with Crippen molar-refractivity contribution in [2.45, 2.75) is 5.66 Å². The molecule has 20 heavy (non-hydrogen) atoms. The van der Waals surface area contributed by atoms with Crippen molar-refractivity contribution in [2.24, 2.45) is 10.3 Å². The molecule has 2 rings (SSSR count). The fraction of sp³-hybridized carbons (Fsp3) is 0.125. The number of nitro groups is 2. The van der Waals surface area contributed by atoms with Crippen LogP contribution in [0.2, 0.25) is 0 Å². The summed E-state index contributed by atoms with van der Waals surface area (Å²) >= 11 is 0. The predicted octanol–water partition coefficient (Wildman–Crippen LogP) is 0.215. The second-order valence-corrected chi connectivity index (χ2v) is 3.70. The van der Waals surface area contributed by atoms with E-state index in [9.17, 15) is 30.1 Å². The minimum atomic E-state index is -2.16. The van der Waals surface area contributed by atoms with Crippen molar-refractivity contribution in [1.82, 2.24) is 11.0 Å². The van der Waals surface area contributed by atoms with Crippen molar-refractivity contribution < 1.29 is 19.7 Å². The maximum atomic E-state index is 11.3. The van der Waals surface area contributed by atoms with Gasteiger partial charge in [-0.25, -0.2) is 10.3 Å². The third kappa shape index (κ3) is 1.99. The van der Waals surface area contributed by atoms with E-state index in [0.717, 1.165) is 18.2 Å². The van der Waals surface area contributed by atoms with Crippen LogP contribution in [0.3, 0.4) is 0 Å². The average molecular weight is 282 g/mol. The summed E-state index contributed by atoms with van der Waals surface area (Å²) in [4.78, 5) is 31.1. The highest BCUT2D eigenvalue weighted by molar-refractivity contribution is 5.81. The molecule has 12 heteroatoms. The summed E-state index contributed by atoms with van der Waals surface area (Å²) in [7, 11) is 0. The summed E-state index contributed by atoms with van der Waals surface area (Å²) in [5.41, 5.74) is 0.568. The highest BCUT2D eigenvalue weighted by Crippen LogP contribution is 2.32. The maximum Gasteiger partial charge on any atom is 0.355 e. The zero-order valence-corrected chi connectivity index (χ0v) is 9.51. The lowest BCUT2D eigenvalue weighted by Gasteiger charge is -2.18. The molecule has 0 saturated carbocycles. The van der Waals surface area contributed by atoms with Gasteiger partial charge in [-0.3, -0.25) is 20.2 Å². The summed E-state index contributed by atoms with van der Waals surface area (Å²) in [6.45, 7) is 0. The lowest BCUT2D eigenvalue weighted by molar-refractivity contribution is -0.394. The fourth-order valence-electron chi connectivity index (χ4n) is 1.60. The molecule has 1 atom stereocenters. The van der Waals surface area contributed by atoms with Gasteiger partial charge >= 0.3 is 5.97 Å². The van der Waals surface area contributed by atoms with Crippen molar-refractivity contribution in [2.75, 3.05) is 0 Å². The number of carboxylic acids is 1. The van der Waals surface area contributed by atoms with Gasteiger partial charge in [0.15, 0.2) is 0 Å². The predicted molar refractivity (Wildman–Crippen MR) is 60.2 cm³/mol. The van der Waals surface area contributed by atoms with E-state index >= 15 is 0 Å². The molecule has 0 radical (unpaired) electrons. The Labute approximate surface area is 109 Å². The van der Waals surface area contributed by atoms with Crippen molar-refractivity contribution >= 4 is 17.3 Å². The molecule has 0 spiro atoms. The van der Waals surface area contributed by atoms with E-state index in [1.807, 2.05) is 0 Å². The van der Waals surface area contributed by atoms with Crippen molar-refractivity contribution in [3.8, 4) is 0 Å². The van der Waals surface area contributed by atoms with Crippen molar-refractivity contribution in [1.29, 1.82) is 0 Å². The third-order valence-electron chi connectivity index (χ3n) is 2.54. The van der Waals surface area contributed by atoms with Crippen LogP contribution in [0.4, 0.5) is 11.4 Å². The molecule has 1 aliphatic heterocycles. The van der Waals surface area contributed by atoms with Crippen LogP contribution in [0.15, 0.2) is 28.5 Å². The monoisotopic (exact) mass is 282 g/mol. The van der Waals surface area contributed by atoms with Gasteiger partial charge in [-0.2, -0.15) is 5.43 Å². The molecular weight excluding hydrogens is 276 g/mol. The lowest BCUT2D eigenvalue weighted by atomic mass is 9.99. The molecule has 0 saturated heterocycles. The number of carboxylic acid groups (broad SMARTS) is 1. The molecule has 0 amide bonds. The quantitative estimate of drug-likeness (QED) is 0.519. The van der Waals surface area contributed by atoms with E-state index in [0.29, 0.717) is 0 Å². The van der Waals surface area contributed by atoms with E-state index in [4.69, 9.17) is 0 Å². The highest BCUT2D eigenvalue weighted by atomic mass is 16.6. The smallest absolute Gasteiger partial charge is 0.355 e. The number of hydrazine groups is 1. The van der Waals surface area contributed by atoms with Crippen LogP contribution in [-0.4, -0.2) is 20.9 Å². The van der Waals surface area contributed by atoms with Gasteiger partial charge < -0.3 is 5.11 Å². The molecular formula is C8H6N6O6. The molecule has 0 bridgehead atoms. The minimum Gasteiger partial charge on any atom is -0.478 e. The maximum absolute atomic E-state index is 11.3. The van der Waals surface area contributed by atoms with Gasteiger partial charge in [0.05, 0.1) is 15.9 Å². The van der Waals surface area contributed by atoms with Crippen molar-refractivity contribution in [3.63, 3.8) is 0 Å². The van der Waals surface area contributed by atoms with Gasteiger partial charge in [-0.05, 0) is 0 Å². The van der Waals surface area contributed by atoms with Crippen LogP contribution < -0.4 is 11.0 Å². The van der Waals surface area contributed by atoms with Crippen LogP contribution in [0.1, 0.15) is 5.56 Å². The van der Waals surface area contributed by atoms with Gasteiger partial charge in [0.25, 0.3) is 17.0 Å². The molecule has 1 unspecified atom stereocenters. The zero-order chi connectivity index (χ0) is 14.9. The van der Waals surface area contributed by atoms with Gasteiger partial charge in [-0.1, -0.05) is 5.22 Å². The second kappa shape index (κ2) is 4.51. The number of non-ortho nitro benzene ring substituents is 2. The van der Waals surface area contributed by atoms with Crippen LogP contribution >= 0.6 is 0 Å². The number of aliphatic carboxylic acids is 1. The topological polar surface area (TPSA) is 172 Å². The Morgan fingerprint density at radius 1 is 1.20 bits per heavy atom. The number of nitrogens with zero attached hydrogens (tertiary/aromatic N) is 4. The Balaban J connectivity index is 2.66. The van der Waals surface area contributed by atoms with E-state index < -0.39 is 32.9 Å². The summed E-state index contributed by atoms with van der Waals surface area (Å²) in [5.74, 6) is -1.53. The van der Waals surface area contributed by atoms with Gasteiger partial charge in [0.2, 0.25) is 0 Å². The van der Waals surface area contributed by atoms with Crippen LogP contribution in [0.25, 0.3) is 0 Å². The average Bonchev–Trinajstić information content (AvgIpc) is 2.88. The first-order chi connectivity index (χ1) is 9.36. The number of nitrogens with one attached hydrogen (secondary N) is 2. The van der Waals surface area contributed by atoms with E-state index in [2.05, 4.69) is 21.3 Å². The molecule has 12 nitrogen and oxygen atoms in total. The zero-order valence-electron chi connectivity index (χ0n) is 9.51. The lowest BCUT2D eigenvalue weighted by Crippen LogP contribution is -2.48. The van der Waals surface area contributed by atoms with E-state index in [1.165, 1.54) is 0 Å². The number of nitro benzene ring substituents is 2. The molecule has 1 heterocycles. The molecule has 1 aromatic carbocycles.